The van der Waals surface area contributed by atoms with Crippen LogP contribution in [0.4, 0.5) is 0 Å². The molecule has 2 aliphatic carbocycles. The van der Waals surface area contributed by atoms with Gasteiger partial charge in [-0.25, -0.2) is 0 Å². The molecule has 0 bridgehead atoms. The molecule has 0 unspecified atom stereocenters. The van der Waals surface area contributed by atoms with Crippen molar-refractivity contribution >= 4 is 0 Å². The van der Waals surface area contributed by atoms with E-state index < -0.39 is 0 Å². The van der Waals surface area contributed by atoms with E-state index in [-0.39, 0.29) is 0 Å². The van der Waals surface area contributed by atoms with Crippen LogP contribution in [0.5, 0.6) is 0 Å². The van der Waals surface area contributed by atoms with Crippen LogP contribution in [0, 0.1) is 23.7 Å². The van der Waals surface area contributed by atoms with Crippen molar-refractivity contribution < 1.29 is 0 Å². The Morgan fingerprint density at radius 3 is 0.739 bits per heavy atom. The van der Waals surface area contributed by atoms with Crippen LogP contribution >= 0.6 is 0 Å². The van der Waals surface area contributed by atoms with Crippen LogP contribution in [0.3, 0.4) is 0 Å². The standard InChI is InChI=1S/C11H20.6C2H6/c1-8-3-10(4-8)7-11-5-9(2)6-11;6*1-2/h8-11H,3-7H2,1-2H3;6*1-2H3. The van der Waals surface area contributed by atoms with Gasteiger partial charge in [-0.05, 0) is 55.8 Å². The molecule has 0 aromatic rings. The Bertz CT molecular complexity index is 111. The minimum Gasteiger partial charge on any atom is -0.0683 e. The molecule has 23 heavy (non-hydrogen) atoms. The van der Waals surface area contributed by atoms with E-state index in [1.165, 1.54) is 25.7 Å². The van der Waals surface area contributed by atoms with Gasteiger partial charge < -0.3 is 0 Å². The second kappa shape index (κ2) is 33.6. The molecule has 0 N–H and O–H groups in total. The second-order valence-electron chi connectivity index (χ2n) is 5.12. The highest BCUT2D eigenvalue weighted by atomic mass is 14.4. The van der Waals surface area contributed by atoms with Gasteiger partial charge in [0, 0.05) is 0 Å². The van der Waals surface area contributed by atoms with Crippen molar-refractivity contribution in [2.75, 3.05) is 0 Å². The van der Waals surface area contributed by atoms with Gasteiger partial charge in [0.2, 0.25) is 0 Å². The summed E-state index contributed by atoms with van der Waals surface area (Å²) in [5.74, 6) is 4.36. The van der Waals surface area contributed by atoms with Gasteiger partial charge in [0.15, 0.2) is 0 Å². The Kier molecular flexibility index (Phi) is 50.1. The fourth-order valence-corrected chi connectivity index (χ4v) is 2.99. The topological polar surface area (TPSA) is 0 Å². The average Bonchev–Trinajstić information content (AvgIpc) is 2.62. The first-order valence-electron chi connectivity index (χ1n) is 11.2. The fraction of sp³-hybridized carbons (Fsp3) is 1.00. The molecule has 2 saturated carbocycles. The largest absolute Gasteiger partial charge is 0.0683 e. The van der Waals surface area contributed by atoms with Crippen molar-refractivity contribution in [1.29, 1.82) is 0 Å². The normalized spacial score (nSPS) is 25.3. The maximum absolute atomic E-state index is 2.39. The third kappa shape index (κ3) is 22.0. The molecular formula is C23H56. The molecule has 0 nitrogen and oxygen atoms in total. The van der Waals surface area contributed by atoms with Crippen LogP contribution in [-0.2, 0) is 0 Å². The third-order valence-electron chi connectivity index (χ3n) is 3.61. The fourth-order valence-electron chi connectivity index (χ4n) is 2.99. The summed E-state index contributed by atoms with van der Waals surface area (Å²) >= 11 is 0. The van der Waals surface area contributed by atoms with E-state index in [1.807, 2.05) is 83.1 Å². The van der Waals surface area contributed by atoms with Gasteiger partial charge in [-0.3, -0.25) is 0 Å². The second-order valence-corrected chi connectivity index (χ2v) is 5.12. The predicted octanol–water partition coefficient (Wildman–Crippen LogP) is 9.63. The summed E-state index contributed by atoms with van der Waals surface area (Å²) in [7, 11) is 0. The van der Waals surface area contributed by atoms with Crippen LogP contribution in [-0.4, -0.2) is 0 Å². The van der Waals surface area contributed by atoms with E-state index in [4.69, 9.17) is 0 Å². The molecule has 0 radical (unpaired) electrons. The highest BCUT2D eigenvalue weighted by molar-refractivity contribution is 4.83. The predicted molar refractivity (Wildman–Crippen MR) is 116 cm³/mol. The zero-order valence-corrected chi connectivity index (χ0v) is 19.8. The average molecular weight is 333 g/mol. The smallest absolute Gasteiger partial charge is 0.0407 e. The van der Waals surface area contributed by atoms with E-state index in [1.54, 1.807) is 6.42 Å². The molecule has 2 fully saturated rings. The first kappa shape index (κ1) is 34.4. The van der Waals surface area contributed by atoms with Gasteiger partial charge in [0.05, 0.1) is 0 Å². The van der Waals surface area contributed by atoms with Crippen LogP contribution in [0.1, 0.15) is 129 Å². The SMILES string of the molecule is CC.CC.CC.CC.CC.CC.CC1CC(CC2CC(C)C2)C1. The highest BCUT2D eigenvalue weighted by Gasteiger charge is 2.32. The Morgan fingerprint density at radius 2 is 0.609 bits per heavy atom. The minimum absolute atomic E-state index is 1.05. The molecule has 0 heteroatoms. The molecule has 0 atom stereocenters. The maximum atomic E-state index is 2.39. The van der Waals surface area contributed by atoms with Gasteiger partial charge in [0.1, 0.15) is 0 Å². The maximum Gasteiger partial charge on any atom is -0.0407 e. The summed E-state index contributed by atoms with van der Waals surface area (Å²) in [6.07, 6.45) is 7.69. The van der Waals surface area contributed by atoms with Gasteiger partial charge >= 0.3 is 0 Å². The van der Waals surface area contributed by atoms with Crippen molar-refractivity contribution in [3.05, 3.63) is 0 Å². The summed E-state index contributed by atoms with van der Waals surface area (Å²) < 4.78 is 0. The quantitative estimate of drug-likeness (QED) is 0.472. The molecule has 0 amide bonds. The molecule has 0 saturated heterocycles. The lowest BCUT2D eigenvalue weighted by Crippen LogP contribution is -2.29. The van der Waals surface area contributed by atoms with Crippen molar-refractivity contribution in [2.45, 2.75) is 129 Å². The van der Waals surface area contributed by atoms with Crippen LogP contribution in [0.2, 0.25) is 0 Å². The van der Waals surface area contributed by atoms with Crippen molar-refractivity contribution in [1.82, 2.24) is 0 Å². The Hall–Kier alpha value is 0. The van der Waals surface area contributed by atoms with Crippen molar-refractivity contribution in [3.8, 4) is 0 Å². The molecule has 0 spiro atoms. The van der Waals surface area contributed by atoms with Crippen molar-refractivity contribution in [2.24, 2.45) is 23.7 Å². The molecule has 2 aliphatic rings. The Labute approximate surface area is 153 Å². The summed E-state index contributed by atoms with van der Waals surface area (Å²) in [6.45, 7) is 28.8. The van der Waals surface area contributed by atoms with Crippen LogP contribution in [0.25, 0.3) is 0 Å². The number of hydrogen-bond donors (Lipinski definition) is 0. The zero-order chi connectivity index (χ0) is 19.8. The first-order valence-corrected chi connectivity index (χ1v) is 11.2. The lowest BCUT2D eigenvalue weighted by Gasteiger charge is -2.40. The summed E-state index contributed by atoms with van der Waals surface area (Å²) in [5.41, 5.74) is 0. The van der Waals surface area contributed by atoms with E-state index in [0.29, 0.717) is 0 Å². The van der Waals surface area contributed by atoms with E-state index in [0.717, 1.165) is 23.7 Å². The zero-order valence-electron chi connectivity index (χ0n) is 19.8. The Morgan fingerprint density at radius 1 is 0.435 bits per heavy atom. The van der Waals surface area contributed by atoms with Crippen LogP contribution in [0.15, 0.2) is 0 Å². The monoisotopic (exact) mass is 332 g/mol. The number of rotatable bonds is 2. The van der Waals surface area contributed by atoms with E-state index in [2.05, 4.69) is 13.8 Å². The Balaban J connectivity index is -0.0000000771. The lowest BCUT2D eigenvalue weighted by molar-refractivity contribution is 0.111. The number of hydrogen-bond acceptors (Lipinski definition) is 0. The van der Waals surface area contributed by atoms with Gasteiger partial charge in [-0.15, -0.1) is 0 Å². The highest BCUT2D eigenvalue weighted by Crippen LogP contribution is 2.44. The van der Waals surface area contributed by atoms with Gasteiger partial charge in [0.25, 0.3) is 0 Å². The minimum atomic E-state index is 1.05. The molecular weight excluding hydrogens is 276 g/mol. The van der Waals surface area contributed by atoms with E-state index >= 15 is 0 Å². The summed E-state index contributed by atoms with van der Waals surface area (Å²) in [6, 6.07) is 0. The lowest BCUT2D eigenvalue weighted by atomic mass is 9.65. The van der Waals surface area contributed by atoms with Gasteiger partial charge in [-0.1, -0.05) is 96.9 Å². The van der Waals surface area contributed by atoms with Gasteiger partial charge in [-0.2, -0.15) is 0 Å². The molecule has 148 valence electrons. The molecule has 0 heterocycles. The summed E-state index contributed by atoms with van der Waals surface area (Å²) in [5, 5.41) is 0. The van der Waals surface area contributed by atoms with Crippen LogP contribution < -0.4 is 0 Å². The molecule has 2 rings (SSSR count). The molecule has 0 aromatic carbocycles. The summed E-state index contributed by atoms with van der Waals surface area (Å²) in [4.78, 5) is 0. The first-order chi connectivity index (χ1) is 11.2. The van der Waals surface area contributed by atoms with E-state index in [9.17, 15) is 0 Å². The molecule has 0 aliphatic heterocycles. The van der Waals surface area contributed by atoms with Crippen molar-refractivity contribution in [3.63, 3.8) is 0 Å². The molecule has 0 aromatic heterocycles. The third-order valence-corrected chi connectivity index (χ3v) is 3.61.